The average Bonchev–Trinajstić information content (AvgIpc) is 3.31. The second-order valence-electron chi connectivity index (χ2n) is 7.84. The number of nitriles is 1. The standard InChI is InChI=1S/C24H22N4O4S/c25-14-18-13-16(9-11-22(18)29)24(30)27-26-15-17-10-12-23(21-8-4-3-7-20(17)21)33(31,32)28-19-5-1-2-6-19/h3-4,7-13,15,19,28-29H,1-2,5-6H2,(H,27,30)/b26-15+. The number of aromatic hydroxyl groups is 1. The fourth-order valence-corrected chi connectivity index (χ4v) is 5.48. The summed E-state index contributed by atoms with van der Waals surface area (Å²) in [5, 5.41) is 23.8. The van der Waals surface area contributed by atoms with Crippen LogP contribution in [0.15, 0.2) is 64.6 Å². The van der Waals surface area contributed by atoms with Crippen LogP contribution in [0.3, 0.4) is 0 Å². The first kappa shape index (κ1) is 22.5. The lowest BCUT2D eigenvalue weighted by Crippen LogP contribution is -2.32. The zero-order chi connectivity index (χ0) is 23.4. The Morgan fingerprint density at radius 3 is 2.55 bits per heavy atom. The van der Waals surface area contributed by atoms with E-state index in [0.717, 1.165) is 25.7 Å². The van der Waals surface area contributed by atoms with E-state index in [1.807, 2.05) is 6.07 Å². The lowest BCUT2D eigenvalue weighted by atomic mass is 10.1. The number of nitrogens with one attached hydrogen (secondary N) is 2. The number of hydrogen-bond acceptors (Lipinski definition) is 6. The minimum absolute atomic E-state index is 0.0133. The minimum atomic E-state index is -3.68. The molecule has 0 aliphatic heterocycles. The van der Waals surface area contributed by atoms with Gasteiger partial charge in [0.05, 0.1) is 16.7 Å². The molecule has 0 bridgehead atoms. The maximum atomic E-state index is 13.0. The molecule has 33 heavy (non-hydrogen) atoms. The number of hydrazone groups is 1. The molecule has 0 heterocycles. The first-order valence-corrected chi connectivity index (χ1v) is 12.0. The average molecular weight is 463 g/mol. The van der Waals surface area contributed by atoms with Gasteiger partial charge in [-0.25, -0.2) is 18.6 Å². The molecule has 3 aromatic rings. The maximum Gasteiger partial charge on any atom is 0.271 e. The van der Waals surface area contributed by atoms with Crippen LogP contribution >= 0.6 is 0 Å². The van der Waals surface area contributed by atoms with Crippen molar-refractivity contribution in [2.24, 2.45) is 5.10 Å². The highest BCUT2D eigenvalue weighted by atomic mass is 32.2. The maximum absolute atomic E-state index is 13.0. The van der Waals surface area contributed by atoms with Crippen LogP contribution in [0, 0.1) is 11.3 Å². The van der Waals surface area contributed by atoms with E-state index in [2.05, 4.69) is 15.2 Å². The number of carbonyl (C=O) groups excluding carboxylic acids is 1. The van der Waals surface area contributed by atoms with Gasteiger partial charge in [0, 0.05) is 22.6 Å². The highest BCUT2D eigenvalue weighted by Crippen LogP contribution is 2.27. The topological polar surface area (TPSA) is 132 Å². The minimum Gasteiger partial charge on any atom is -0.507 e. The first-order chi connectivity index (χ1) is 15.9. The Kier molecular flexibility index (Phi) is 6.40. The molecule has 4 rings (SSSR count). The van der Waals surface area contributed by atoms with Crippen molar-refractivity contribution in [2.45, 2.75) is 36.6 Å². The summed E-state index contributed by atoms with van der Waals surface area (Å²) < 4.78 is 28.8. The van der Waals surface area contributed by atoms with Crippen LogP contribution in [0.4, 0.5) is 0 Å². The van der Waals surface area contributed by atoms with E-state index in [4.69, 9.17) is 5.26 Å². The third-order valence-electron chi connectivity index (χ3n) is 5.63. The van der Waals surface area contributed by atoms with Gasteiger partial charge in [-0.1, -0.05) is 43.2 Å². The van der Waals surface area contributed by atoms with Crippen LogP contribution in [0.25, 0.3) is 10.8 Å². The van der Waals surface area contributed by atoms with Crippen molar-refractivity contribution in [1.82, 2.24) is 10.1 Å². The Morgan fingerprint density at radius 2 is 1.82 bits per heavy atom. The van der Waals surface area contributed by atoms with Gasteiger partial charge in [-0.15, -0.1) is 0 Å². The largest absolute Gasteiger partial charge is 0.507 e. The molecular weight excluding hydrogens is 440 g/mol. The van der Waals surface area contributed by atoms with E-state index in [0.29, 0.717) is 16.3 Å². The monoisotopic (exact) mass is 462 g/mol. The molecule has 1 amide bonds. The third-order valence-corrected chi connectivity index (χ3v) is 7.21. The Morgan fingerprint density at radius 1 is 1.09 bits per heavy atom. The summed E-state index contributed by atoms with van der Waals surface area (Å²) in [5.74, 6) is -0.756. The smallest absolute Gasteiger partial charge is 0.271 e. The van der Waals surface area contributed by atoms with Crippen LogP contribution in [0.1, 0.15) is 47.2 Å². The number of phenols is 1. The van der Waals surface area contributed by atoms with Crippen LogP contribution in [-0.2, 0) is 10.0 Å². The van der Waals surface area contributed by atoms with Crippen molar-refractivity contribution in [2.75, 3.05) is 0 Å². The summed E-state index contributed by atoms with van der Waals surface area (Å²) in [6.45, 7) is 0. The van der Waals surface area contributed by atoms with Crippen molar-refractivity contribution >= 4 is 32.9 Å². The molecule has 0 atom stereocenters. The van der Waals surface area contributed by atoms with E-state index < -0.39 is 15.9 Å². The van der Waals surface area contributed by atoms with E-state index in [-0.39, 0.29) is 27.8 Å². The lowest BCUT2D eigenvalue weighted by Gasteiger charge is -2.15. The molecule has 1 aliphatic rings. The summed E-state index contributed by atoms with van der Waals surface area (Å²) in [5.41, 5.74) is 3.18. The van der Waals surface area contributed by atoms with Crippen LogP contribution in [0.2, 0.25) is 0 Å². The molecule has 0 saturated heterocycles. The van der Waals surface area contributed by atoms with Gasteiger partial charge in [-0.05, 0) is 42.5 Å². The van der Waals surface area contributed by atoms with Gasteiger partial charge in [0.25, 0.3) is 5.91 Å². The van der Waals surface area contributed by atoms with Gasteiger partial charge in [0.15, 0.2) is 0 Å². The van der Waals surface area contributed by atoms with Gasteiger partial charge in [0.2, 0.25) is 10.0 Å². The van der Waals surface area contributed by atoms with Crippen molar-refractivity contribution in [3.8, 4) is 11.8 Å². The summed E-state index contributed by atoms with van der Waals surface area (Å²) >= 11 is 0. The van der Waals surface area contributed by atoms with E-state index in [1.54, 1.807) is 36.4 Å². The van der Waals surface area contributed by atoms with Gasteiger partial charge >= 0.3 is 0 Å². The number of fused-ring (bicyclic) bond motifs is 1. The molecule has 0 aromatic heterocycles. The second-order valence-corrected chi connectivity index (χ2v) is 9.53. The highest BCUT2D eigenvalue weighted by molar-refractivity contribution is 7.89. The number of amides is 1. The van der Waals surface area contributed by atoms with Gasteiger partial charge < -0.3 is 5.11 Å². The predicted molar refractivity (Wildman–Crippen MR) is 124 cm³/mol. The molecule has 1 aliphatic carbocycles. The molecule has 1 fully saturated rings. The van der Waals surface area contributed by atoms with Crippen molar-refractivity contribution < 1.29 is 18.3 Å². The number of hydrogen-bond donors (Lipinski definition) is 3. The molecule has 168 valence electrons. The molecule has 0 spiro atoms. The number of carbonyl (C=O) groups is 1. The molecule has 8 nitrogen and oxygen atoms in total. The zero-order valence-corrected chi connectivity index (χ0v) is 18.5. The van der Waals surface area contributed by atoms with Gasteiger partial charge in [0.1, 0.15) is 11.8 Å². The lowest BCUT2D eigenvalue weighted by molar-refractivity contribution is 0.0955. The number of nitrogens with zero attached hydrogens (tertiary/aromatic N) is 2. The van der Waals surface area contributed by atoms with Crippen molar-refractivity contribution in [3.05, 3.63) is 71.3 Å². The normalized spacial score (nSPS) is 14.5. The molecule has 3 aromatic carbocycles. The fourth-order valence-electron chi connectivity index (χ4n) is 3.96. The Hall–Kier alpha value is -3.74. The summed E-state index contributed by atoms with van der Waals surface area (Å²) in [6, 6.07) is 16.0. The first-order valence-electron chi connectivity index (χ1n) is 10.5. The van der Waals surface area contributed by atoms with Gasteiger partial charge in [-0.3, -0.25) is 4.79 Å². The van der Waals surface area contributed by atoms with Gasteiger partial charge in [-0.2, -0.15) is 10.4 Å². The second kappa shape index (κ2) is 9.40. The summed E-state index contributed by atoms with van der Waals surface area (Å²) in [6.07, 6.45) is 5.18. The highest BCUT2D eigenvalue weighted by Gasteiger charge is 2.24. The van der Waals surface area contributed by atoms with E-state index in [1.165, 1.54) is 24.4 Å². The molecule has 3 N–H and O–H groups in total. The number of benzene rings is 3. The zero-order valence-electron chi connectivity index (χ0n) is 17.7. The number of sulfonamides is 1. The van der Waals surface area contributed by atoms with Crippen LogP contribution < -0.4 is 10.1 Å². The van der Waals surface area contributed by atoms with Crippen LogP contribution in [0.5, 0.6) is 5.75 Å². The SMILES string of the molecule is N#Cc1cc(C(=O)N/N=C/c2ccc(S(=O)(=O)NC3CCCC3)c3ccccc23)ccc1O. The summed E-state index contributed by atoms with van der Waals surface area (Å²) in [7, 11) is -3.68. The Balaban J connectivity index is 1.58. The van der Waals surface area contributed by atoms with Crippen LogP contribution in [-0.4, -0.2) is 31.7 Å². The third kappa shape index (κ3) is 4.87. The van der Waals surface area contributed by atoms with E-state index >= 15 is 0 Å². The summed E-state index contributed by atoms with van der Waals surface area (Å²) in [4.78, 5) is 12.5. The fraction of sp³-hybridized carbons (Fsp3) is 0.208. The molecule has 9 heteroatoms. The number of phenolic OH excluding ortho intramolecular Hbond substituents is 1. The molecule has 0 radical (unpaired) electrons. The quantitative estimate of drug-likeness (QED) is 0.382. The number of rotatable bonds is 6. The molecule has 0 unspecified atom stereocenters. The van der Waals surface area contributed by atoms with E-state index in [9.17, 15) is 18.3 Å². The Labute approximate surface area is 191 Å². The molecule has 1 saturated carbocycles. The molecular formula is C24H22N4O4S. The Bertz CT molecular complexity index is 1390. The predicted octanol–water partition coefficient (Wildman–Crippen LogP) is 3.40. The van der Waals surface area contributed by atoms with Crippen molar-refractivity contribution in [3.63, 3.8) is 0 Å². The van der Waals surface area contributed by atoms with Crippen molar-refractivity contribution in [1.29, 1.82) is 5.26 Å².